The normalized spacial score (nSPS) is 15.6. The molecule has 3 rings (SSSR count). The standard InChI is InChI=1S/C20H28F2N4O4S/c1-3-8-25(14-18(21)22)20(27)7-6-19-23-16-13-15(4-5-17(16)24(19)2)31(28,29)26-9-11-30-12-10-26/h4-5,13,18H,3,6-12,14H2,1-2H3. The molecule has 1 aromatic carbocycles. The average Bonchev–Trinajstić information content (AvgIpc) is 3.07. The van der Waals surface area contributed by atoms with Crippen LogP contribution in [0, 0.1) is 0 Å². The molecule has 0 radical (unpaired) electrons. The zero-order valence-electron chi connectivity index (χ0n) is 17.8. The number of ether oxygens (including phenoxy) is 1. The number of aryl methyl sites for hydroxylation is 2. The molecule has 0 aliphatic carbocycles. The van der Waals surface area contributed by atoms with E-state index in [0.29, 0.717) is 44.1 Å². The van der Waals surface area contributed by atoms with Crippen LogP contribution in [0.4, 0.5) is 8.78 Å². The van der Waals surface area contributed by atoms with Crippen LogP contribution >= 0.6 is 0 Å². The van der Waals surface area contributed by atoms with Gasteiger partial charge in [0.05, 0.1) is 35.7 Å². The van der Waals surface area contributed by atoms with Crippen molar-refractivity contribution in [3.05, 3.63) is 24.0 Å². The number of nitrogens with zero attached hydrogens (tertiary/aromatic N) is 4. The Morgan fingerprint density at radius 1 is 1.29 bits per heavy atom. The Labute approximate surface area is 180 Å². The summed E-state index contributed by atoms with van der Waals surface area (Å²) in [6, 6.07) is 4.78. The lowest BCUT2D eigenvalue weighted by Crippen LogP contribution is -2.40. The Hall–Kier alpha value is -2.11. The Morgan fingerprint density at radius 3 is 2.65 bits per heavy atom. The number of hydrogen-bond acceptors (Lipinski definition) is 5. The topological polar surface area (TPSA) is 84.7 Å². The zero-order chi connectivity index (χ0) is 22.6. The first-order chi connectivity index (χ1) is 14.7. The minimum Gasteiger partial charge on any atom is -0.379 e. The minimum atomic E-state index is -3.64. The third-order valence-electron chi connectivity index (χ3n) is 5.32. The van der Waals surface area contributed by atoms with Crippen molar-refractivity contribution >= 4 is 27.0 Å². The Balaban J connectivity index is 1.77. The van der Waals surface area contributed by atoms with Gasteiger partial charge in [0, 0.05) is 39.5 Å². The van der Waals surface area contributed by atoms with Crippen LogP contribution < -0.4 is 0 Å². The minimum absolute atomic E-state index is 0.0583. The van der Waals surface area contributed by atoms with Gasteiger partial charge in [-0.05, 0) is 24.6 Å². The van der Waals surface area contributed by atoms with Crippen LogP contribution in [0.25, 0.3) is 11.0 Å². The van der Waals surface area contributed by atoms with Crippen LogP contribution in [0.15, 0.2) is 23.1 Å². The van der Waals surface area contributed by atoms with Crippen molar-refractivity contribution in [1.82, 2.24) is 18.8 Å². The maximum absolute atomic E-state index is 12.9. The van der Waals surface area contributed by atoms with Crippen molar-refractivity contribution in [2.24, 2.45) is 7.05 Å². The maximum atomic E-state index is 12.9. The molecule has 1 aliphatic rings. The molecule has 0 bridgehead atoms. The van der Waals surface area contributed by atoms with Crippen molar-refractivity contribution in [2.75, 3.05) is 39.4 Å². The van der Waals surface area contributed by atoms with Gasteiger partial charge in [0.1, 0.15) is 5.82 Å². The molecule has 1 aromatic heterocycles. The van der Waals surface area contributed by atoms with E-state index in [1.165, 1.54) is 15.3 Å². The first-order valence-electron chi connectivity index (χ1n) is 10.3. The van der Waals surface area contributed by atoms with Crippen LogP contribution in [-0.4, -0.2) is 78.9 Å². The third-order valence-corrected chi connectivity index (χ3v) is 7.21. The predicted molar refractivity (Wildman–Crippen MR) is 111 cm³/mol. The molecular weight excluding hydrogens is 430 g/mol. The van der Waals surface area contributed by atoms with Gasteiger partial charge in [-0.25, -0.2) is 22.2 Å². The molecule has 1 saturated heterocycles. The van der Waals surface area contributed by atoms with E-state index in [0.717, 1.165) is 5.52 Å². The molecule has 1 aliphatic heterocycles. The number of rotatable bonds is 9. The number of carbonyl (C=O) groups is 1. The number of aromatic nitrogens is 2. The molecular formula is C20H28F2N4O4S. The van der Waals surface area contributed by atoms with E-state index in [4.69, 9.17) is 4.74 Å². The highest BCUT2D eigenvalue weighted by atomic mass is 32.2. The van der Waals surface area contributed by atoms with Crippen LogP contribution in [0.5, 0.6) is 0 Å². The van der Waals surface area contributed by atoms with Gasteiger partial charge in [0.15, 0.2) is 0 Å². The summed E-state index contributed by atoms with van der Waals surface area (Å²) in [6.45, 7) is 2.89. The number of imidazole rings is 1. The summed E-state index contributed by atoms with van der Waals surface area (Å²) < 4.78 is 59.7. The van der Waals surface area contributed by atoms with Crippen molar-refractivity contribution in [3.8, 4) is 0 Å². The first kappa shape index (κ1) is 23.6. The van der Waals surface area contributed by atoms with E-state index >= 15 is 0 Å². The van der Waals surface area contributed by atoms with E-state index in [-0.39, 0.29) is 30.2 Å². The molecule has 1 amide bonds. The van der Waals surface area contributed by atoms with Gasteiger partial charge < -0.3 is 14.2 Å². The number of benzene rings is 1. The fourth-order valence-corrected chi connectivity index (χ4v) is 5.11. The number of carbonyl (C=O) groups excluding carboxylic acids is 1. The highest BCUT2D eigenvalue weighted by Gasteiger charge is 2.27. The molecule has 0 saturated carbocycles. The van der Waals surface area contributed by atoms with Gasteiger partial charge in [-0.3, -0.25) is 4.79 Å². The smallest absolute Gasteiger partial charge is 0.255 e. The van der Waals surface area contributed by atoms with Crippen molar-refractivity contribution < 1.29 is 26.7 Å². The average molecular weight is 459 g/mol. The largest absolute Gasteiger partial charge is 0.379 e. The summed E-state index contributed by atoms with van der Waals surface area (Å²) in [5.41, 5.74) is 1.25. The lowest BCUT2D eigenvalue weighted by atomic mass is 10.2. The molecule has 0 atom stereocenters. The molecule has 2 aromatic rings. The SMILES string of the molecule is CCCN(CC(F)F)C(=O)CCc1nc2cc(S(=O)(=O)N3CCOCC3)ccc2n1C. The number of hydrogen-bond donors (Lipinski definition) is 0. The Bertz CT molecular complexity index is 1020. The lowest BCUT2D eigenvalue weighted by molar-refractivity contribution is -0.133. The fourth-order valence-electron chi connectivity index (χ4n) is 3.68. The van der Waals surface area contributed by atoms with Crippen molar-refractivity contribution in [3.63, 3.8) is 0 Å². The highest BCUT2D eigenvalue weighted by molar-refractivity contribution is 7.89. The Kier molecular flexibility index (Phi) is 7.60. The molecule has 8 nitrogen and oxygen atoms in total. The van der Waals surface area contributed by atoms with Crippen LogP contribution in [0.1, 0.15) is 25.6 Å². The van der Waals surface area contributed by atoms with Crippen LogP contribution in [-0.2, 0) is 33.0 Å². The van der Waals surface area contributed by atoms with Crippen LogP contribution in [0.2, 0.25) is 0 Å². The molecule has 11 heteroatoms. The predicted octanol–water partition coefficient (Wildman–Crippen LogP) is 2.03. The summed E-state index contributed by atoms with van der Waals surface area (Å²) >= 11 is 0. The summed E-state index contributed by atoms with van der Waals surface area (Å²) in [7, 11) is -1.85. The van der Waals surface area contributed by atoms with Gasteiger partial charge in [-0.15, -0.1) is 0 Å². The third kappa shape index (κ3) is 5.39. The van der Waals surface area contributed by atoms with E-state index in [1.807, 2.05) is 6.92 Å². The highest BCUT2D eigenvalue weighted by Crippen LogP contribution is 2.23. The Morgan fingerprint density at radius 2 is 2.00 bits per heavy atom. The molecule has 0 spiro atoms. The summed E-state index contributed by atoms with van der Waals surface area (Å²) in [5.74, 6) is 0.252. The number of alkyl halides is 2. The van der Waals surface area contributed by atoms with E-state index in [2.05, 4.69) is 4.98 Å². The molecule has 2 heterocycles. The van der Waals surface area contributed by atoms with E-state index < -0.39 is 23.0 Å². The number of amides is 1. The van der Waals surface area contributed by atoms with Gasteiger partial charge in [-0.2, -0.15) is 4.31 Å². The first-order valence-corrected chi connectivity index (χ1v) is 11.8. The summed E-state index contributed by atoms with van der Waals surface area (Å²) in [6.07, 6.45) is -1.63. The maximum Gasteiger partial charge on any atom is 0.255 e. The van der Waals surface area contributed by atoms with Crippen LogP contribution in [0.3, 0.4) is 0 Å². The number of halogens is 2. The number of morpholine rings is 1. The fraction of sp³-hybridized carbons (Fsp3) is 0.600. The second-order valence-electron chi connectivity index (χ2n) is 7.48. The zero-order valence-corrected chi connectivity index (χ0v) is 18.6. The molecule has 172 valence electrons. The number of sulfonamides is 1. The molecule has 0 N–H and O–H groups in total. The van der Waals surface area contributed by atoms with E-state index in [1.54, 1.807) is 23.7 Å². The second-order valence-corrected chi connectivity index (χ2v) is 9.42. The van der Waals surface area contributed by atoms with Gasteiger partial charge in [0.25, 0.3) is 6.43 Å². The van der Waals surface area contributed by atoms with Gasteiger partial charge in [-0.1, -0.05) is 6.92 Å². The van der Waals surface area contributed by atoms with Gasteiger partial charge in [0.2, 0.25) is 15.9 Å². The quantitative estimate of drug-likeness (QED) is 0.574. The van der Waals surface area contributed by atoms with Gasteiger partial charge >= 0.3 is 0 Å². The molecule has 0 unspecified atom stereocenters. The molecule has 31 heavy (non-hydrogen) atoms. The van der Waals surface area contributed by atoms with E-state index in [9.17, 15) is 22.0 Å². The van der Waals surface area contributed by atoms with Crippen molar-refractivity contribution in [1.29, 1.82) is 0 Å². The monoisotopic (exact) mass is 458 g/mol. The second kappa shape index (κ2) is 10.0. The lowest BCUT2D eigenvalue weighted by Gasteiger charge is -2.26. The van der Waals surface area contributed by atoms with Crippen molar-refractivity contribution in [2.45, 2.75) is 37.5 Å². The summed E-state index contributed by atoms with van der Waals surface area (Å²) in [4.78, 5) is 18.2. The number of fused-ring (bicyclic) bond motifs is 1. The summed E-state index contributed by atoms with van der Waals surface area (Å²) in [5, 5.41) is 0. The molecule has 1 fully saturated rings.